The van der Waals surface area contributed by atoms with Crippen molar-refractivity contribution in [3.8, 4) is 0 Å². The van der Waals surface area contributed by atoms with Crippen LogP contribution in [0.3, 0.4) is 0 Å². The number of aromatic nitrogens is 2. The van der Waals surface area contributed by atoms with Crippen molar-refractivity contribution in [2.24, 2.45) is 0 Å². The summed E-state index contributed by atoms with van der Waals surface area (Å²) in [6.45, 7) is 1.38. The summed E-state index contributed by atoms with van der Waals surface area (Å²) >= 11 is 0. The van der Waals surface area contributed by atoms with Crippen LogP contribution in [0.25, 0.3) is 0 Å². The molecule has 4 atom stereocenters. The van der Waals surface area contributed by atoms with Gasteiger partial charge in [0.2, 0.25) is 0 Å². The molecule has 0 saturated carbocycles. The van der Waals surface area contributed by atoms with E-state index in [-0.39, 0.29) is 18.1 Å². The van der Waals surface area contributed by atoms with Crippen LogP contribution in [-0.2, 0) is 9.47 Å². The summed E-state index contributed by atoms with van der Waals surface area (Å²) in [4.78, 5) is 15.4. The van der Waals surface area contributed by atoms with Gasteiger partial charge in [-0.25, -0.2) is 9.78 Å². The molecule has 112 valence electrons. The second kappa shape index (κ2) is 5.75. The van der Waals surface area contributed by atoms with Crippen molar-refractivity contribution in [1.82, 2.24) is 9.55 Å². The summed E-state index contributed by atoms with van der Waals surface area (Å²) in [5.41, 5.74) is 5.68. The number of ether oxygens (including phenoxy) is 2. The molecule has 1 aromatic rings. The van der Waals surface area contributed by atoms with Gasteiger partial charge in [0.05, 0.1) is 19.5 Å². The maximum Gasteiger partial charge on any atom is 0.360 e. The first-order chi connectivity index (χ1) is 9.51. The summed E-state index contributed by atoms with van der Waals surface area (Å²) in [5, 5.41) is 28.6. The SMILES string of the molecule is CCOC(=O)c1ncn([C@H]2O[C@H](CO)[C@H](O)[C@H]2O)c1N. The van der Waals surface area contributed by atoms with E-state index in [4.69, 9.17) is 20.3 Å². The molecule has 2 heterocycles. The molecule has 0 radical (unpaired) electrons. The Hall–Kier alpha value is -1.68. The smallest absolute Gasteiger partial charge is 0.360 e. The number of nitrogens with zero attached hydrogens (tertiary/aromatic N) is 2. The lowest BCUT2D eigenvalue weighted by Crippen LogP contribution is -2.33. The minimum absolute atomic E-state index is 0.0433. The number of anilines is 1. The number of rotatable bonds is 4. The van der Waals surface area contributed by atoms with Gasteiger partial charge in [-0.3, -0.25) is 4.57 Å². The van der Waals surface area contributed by atoms with Crippen LogP contribution < -0.4 is 5.73 Å². The van der Waals surface area contributed by atoms with Gasteiger partial charge in [-0.05, 0) is 6.92 Å². The maximum atomic E-state index is 11.6. The molecular formula is C11H17N3O6. The number of hydrogen-bond donors (Lipinski definition) is 4. The molecule has 20 heavy (non-hydrogen) atoms. The number of carbonyl (C=O) groups excluding carboxylic acids is 1. The molecule has 1 aliphatic rings. The number of hydrogen-bond acceptors (Lipinski definition) is 8. The highest BCUT2D eigenvalue weighted by Gasteiger charge is 2.44. The Labute approximate surface area is 114 Å². The summed E-state index contributed by atoms with van der Waals surface area (Å²) in [6, 6.07) is 0. The van der Waals surface area contributed by atoms with Gasteiger partial charge >= 0.3 is 5.97 Å². The maximum absolute atomic E-state index is 11.6. The van der Waals surface area contributed by atoms with Gasteiger partial charge in [0.15, 0.2) is 11.9 Å². The zero-order valence-electron chi connectivity index (χ0n) is 10.8. The van der Waals surface area contributed by atoms with Crippen LogP contribution in [-0.4, -0.2) is 62.4 Å². The first-order valence-corrected chi connectivity index (χ1v) is 6.13. The number of esters is 1. The average Bonchev–Trinajstić information content (AvgIpc) is 2.93. The highest BCUT2D eigenvalue weighted by atomic mass is 16.6. The third-order valence-corrected chi connectivity index (χ3v) is 3.09. The summed E-state index contributed by atoms with van der Waals surface area (Å²) in [6.07, 6.45) is -3.29. The van der Waals surface area contributed by atoms with E-state index >= 15 is 0 Å². The lowest BCUT2D eigenvalue weighted by Gasteiger charge is -2.17. The fraction of sp³-hybridized carbons (Fsp3) is 0.636. The Morgan fingerprint density at radius 2 is 2.25 bits per heavy atom. The van der Waals surface area contributed by atoms with Crippen molar-refractivity contribution in [3.63, 3.8) is 0 Å². The number of aliphatic hydroxyl groups excluding tert-OH is 3. The molecule has 0 unspecified atom stereocenters. The fourth-order valence-electron chi connectivity index (χ4n) is 2.04. The van der Waals surface area contributed by atoms with Crippen LogP contribution >= 0.6 is 0 Å². The predicted octanol–water partition coefficient (Wildman–Crippen LogP) is -1.75. The summed E-state index contributed by atoms with van der Waals surface area (Å²) < 4.78 is 11.3. The molecule has 1 aromatic heterocycles. The van der Waals surface area contributed by atoms with E-state index in [2.05, 4.69) is 4.98 Å². The number of aliphatic hydroxyl groups is 3. The van der Waals surface area contributed by atoms with Gasteiger partial charge in [0.1, 0.15) is 24.1 Å². The zero-order valence-corrected chi connectivity index (χ0v) is 10.8. The highest BCUT2D eigenvalue weighted by Crippen LogP contribution is 2.31. The van der Waals surface area contributed by atoms with E-state index in [9.17, 15) is 15.0 Å². The van der Waals surface area contributed by atoms with Crippen molar-refractivity contribution >= 4 is 11.8 Å². The van der Waals surface area contributed by atoms with E-state index < -0.39 is 37.1 Å². The van der Waals surface area contributed by atoms with Crippen LogP contribution in [0.1, 0.15) is 23.6 Å². The lowest BCUT2D eigenvalue weighted by molar-refractivity contribution is -0.0518. The Bertz CT molecular complexity index is 491. The highest BCUT2D eigenvalue weighted by molar-refractivity contribution is 5.92. The molecule has 0 aromatic carbocycles. The first-order valence-electron chi connectivity index (χ1n) is 6.13. The monoisotopic (exact) mass is 287 g/mol. The Morgan fingerprint density at radius 1 is 1.55 bits per heavy atom. The molecule has 9 heteroatoms. The number of carbonyl (C=O) groups is 1. The van der Waals surface area contributed by atoms with Gasteiger partial charge in [0.25, 0.3) is 0 Å². The minimum atomic E-state index is -1.29. The van der Waals surface area contributed by atoms with Crippen molar-refractivity contribution in [3.05, 3.63) is 12.0 Å². The fourth-order valence-corrected chi connectivity index (χ4v) is 2.04. The Kier molecular flexibility index (Phi) is 4.23. The van der Waals surface area contributed by atoms with Gasteiger partial charge in [0, 0.05) is 0 Å². The molecule has 2 rings (SSSR count). The molecular weight excluding hydrogens is 270 g/mol. The van der Waals surface area contributed by atoms with Gasteiger partial charge in [-0.1, -0.05) is 0 Å². The topological polar surface area (TPSA) is 140 Å². The number of nitrogen functional groups attached to an aromatic ring is 1. The normalized spacial score (nSPS) is 29.6. The van der Waals surface area contributed by atoms with E-state index in [1.807, 2.05) is 0 Å². The second-order valence-corrected chi connectivity index (χ2v) is 4.34. The molecule has 0 spiro atoms. The molecule has 1 aliphatic heterocycles. The predicted molar refractivity (Wildman–Crippen MR) is 65.6 cm³/mol. The largest absolute Gasteiger partial charge is 0.461 e. The third kappa shape index (κ3) is 2.36. The van der Waals surface area contributed by atoms with Crippen molar-refractivity contribution in [2.75, 3.05) is 18.9 Å². The quantitative estimate of drug-likeness (QED) is 0.478. The third-order valence-electron chi connectivity index (χ3n) is 3.09. The van der Waals surface area contributed by atoms with Crippen molar-refractivity contribution in [1.29, 1.82) is 0 Å². The molecule has 0 bridgehead atoms. The van der Waals surface area contributed by atoms with Crippen LogP contribution in [0, 0.1) is 0 Å². The molecule has 1 fully saturated rings. The van der Waals surface area contributed by atoms with Crippen molar-refractivity contribution < 1.29 is 29.6 Å². The summed E-state index contributed by atoms with van der Waals surface area (Å²) in [5.74, 6) is -0.728. The molecule has 1 saturated heterocycles. The Balaban J connectivity index is 2.24. The first kappa shape index (κ1) is 14.7. The zero-order chi connectivity index (χ0) is 14.9. The van der Waals surface area contributed by atoms with Crippen molar-refractivity contribution in [2.45, 2.75) is 31.5 Å². The Morgan fingerprint density at radius 3 is 2.80 bits per heavy atom. The van der Waals surface area contributed by atoms with Gasteiger partial charge in [-0.2, -0.15) is 0 Å². The van der Waals surface area contributed by atoms with Crippen LogP contribution in [0.5, 0.6) is 0 Å². The molecule has 0 amide bonds. The average molecular weight is 287 g/mol. The molecule has 9 nitrogen and oxygen atoms in total. The second-order valence-electron chi connectivity index (χ2n) is 4.34. The van der Waals surface area contributed by atoms with E-state index in [0.717, 1.165) is 0 Å². The van der Waals surface area contributed by atoms with Gasteiger partial charge in [-0.15, -0.1) is 0 Å². The summed E-state index contributed by atoms with van der Waals surface area (Å²) in [7, 11) is 0. The molecule has 0 aliphatic carbocycles. The van der Waals surface area contributed by atoms with Crippen LogP contribution in [0.15, 0.2) is 6.33 Å². The van der Waals surface area contributed by atoms with E-state index in [0.29, 0.717) is 0 Å². The number of imidazole rings is 1. The van der Waals surface area contributed by atoms with Crippen LogP contribution in [0.2, 0.25) is 0 Å². The minimum Gasteiger partial charge on any atom is -0.461 e. The van der Waals surface area contributed by atoms with Crippen LogP contribution in [0.4, 0.5) is 5.82 Å². The van der Waals surface area contributed by atoms with E-state index in [1.165, 1.54) is 10.9 Å². The molecule has 5 N–H and O–H groups in total. The number of nitrogens with two attached hydrogens (primary N) is 1. The standard InChI is InChI=1S/C11H17N3O6/c1-2-19-11(18)6-9(12)14(4-13-6)10-8(17)7(16)5(3-15)20-10/h4-5,7-8,10,15-17H,2-3,12H2,1H3/t5-,7+,8-,10+/m1/s1. The lowest BCUT2D eigenvalue weighted by atomic mass is 10.1. The van der Waals surface area contributed by atoms with Gasteiger partial charge < -0.3 is 30.5 Å². The van der Waals surface area contributed by atoms with E-state index in [1.54, 1.807) is 6.92 Å².